The van der Waals surface area contributed by atoms with Crippen LogP contribution in [0.1, 0.15) is 13.8 Å². The van der Waals surface area contributed by atoms with Crippen LogP contribution in [0.15, 0.2) is 24.3 Å². The van der Waals surface area contributed by atoms with Gasteiger partial charge in [0.15, 0.2) is 6.10 Å². The van der Waals surface area contributed by atoms with Gasteiger partial charge < -0.3 is 9.47 Å². The zero-order chi connectivity index (χ0) is 13.1. The van der Waals surface area contributed by atoms with Crippen molar-refractivity contribution in [1.82, 2.24) is 0 Å². The molecule has 0 radical (unpaired) electrons. The van der Waals surface area contributed by atoms with E-state index in [2.05, 4.69) is 0 Å². The number of benzene rings is 1. The molecule has 1 heterocycles. The van der Waals surface area contributed by atoms with E-state index in [0.717, 1.165) is 0 Å². The van der Waals surface area contributed by atoms with E-state index in [4.69, 9.17) is 9.47 Å². The molecule has 0 spiro atoms. The molecule has 0 N–H and O–H groups in total. The number of esters is 1. The van der Waals surface area contributed by atoms with Gasteiger partial charge in [-0.3, -0.25) is 14.5 Å². The highest BCUT2D eigenvalue weighted by Crippen LogP contribution is 2.33. The number of carbonyl (C=O) groups excluding carboxylic acids is 2. The number of para-hydroxylation sites is 2. The molecular weight excluding hydrogens is 234 g/mol. The Kier molecular flexibility index (Phi) is 3.50. The van der Waals surface area contributed by atoms with Crippen LogP contribution in [0.4, 0.5) is 5.69 Å². The summed E-state index contributed by atoms with van der Waals surface area (Å²) in [5.74, 6) is -0.0506. The Labute approximate surface area is 105 Å². The molecule has 0 aromatic heterocycles. The van der Waals surface area contributed by atoms with Gasteiger partial charge in [0.25, 0.3) is 5.91 Å². The normalized spacial score (nSPS) is 18.0. The lowest BCUT2D eigenvalue weighted by atomic mass is 10.2. The van der Waals surface area contributed by atoms with Crippen molar-refractivity contribution in [2.45, 2.75) is 20.0 Å². The van der Waals surface area contributed by atoms with Crippen molar-refractivity contribution in [3.63, 3.8) is 0 Å². The average Bonchev–Trinajstić information content (AvgIpc) is 2.35. The minimum atomic E-state index is -0.589. The van der Waals surface area contributed by atoms with Gasteiger partial charge in [0.05, 0.1) is 12.3 Å². The van der Waals surface area contributed by atoms with E-state index in [9.17, 15) is 9.59 Å². The first-order chi connectivity index (χ1) is 8.63. The molecule has 0 saturated heterocycles. The second-order valence-electron chi connectivity index (χ2n) is 3.96. The summed E-state index contributed by atoms with van der Waals surface area (Å²) in [6.07, 6.45) is -0.589. The number of fused-ring (bicyclic) bond motifs is 1. The molecule has 1 aliphatic heterocycles. The minimum Gasteiger partial charge on any atom is -0.479 e. The molecule has 5 nitrogen and oxygen atoms in total. The van der Waals surface area contributed by atoms with E-state index in [-0.39, 0.29) is 12.5 Å². The van der Waals surface area contributed by atoms with Crippen molar-refractivity contribution in [3.05, 3.63) is 24.3 Å². The zero-order valence-electron chi connectivity index (χ0n) is 10.4. The third-order valence-corrected chi connectivity index (χ3v) is 2.67. The maximum atomic E-state index is 12.0. The summed E-state index contributed by atoms with van der Waals surface area (Å²) in [6.45, 7) is 3.61. The summed E-state index contributed by atoms with van der Waals surface area (Å²) in [6, 6.07) is 7.14. The second kappa shape index (κ2) is 5.08. The molecule has 1 amide bonds. The van der Waals surface area contributed by atoms with Gasteiger partial charge >= 0.3 is 5.97 Å². The van der Waals surface area contributed by atoms with Crippen LogP contribution >= 0.6 is 0 Å². The van der Waals surface area contributed by atoms with Crippen LogP contribution in [0.25, 0.3) is 0 Å². The molecule has 0 fully saturated rings. The van der Waals surface area contributed by atoms with Crippen molar-refractivity contribution in [2.24, 2.45) is 0 Å². The summed E-state index contributed by atoms with van der Waals surface area (Å²) in [5, 5.41) is 0. The maximum Gasteiger partial charge on any atom is 0.326 e. The Bertz CT molecular complexity index is 472. The third kappa shape index (κ3) is 2.30. The number of rotatable bonds is 3. The molecule has 96 valence electrons. The molecule has 0 unspecified atom stereocenters. The molecule has 1 aliphatic rings. The first-order valence-electron chi connectivity index (χ1n) is 5.86. The van der Waals surface area contributed by atoms with Crippen LogP contribution in [0.2, 0.25) is 0 Å². The molecule has 0 saturated carbocycles. The molecular formula is C13H15NO4. The summed E-state index contributed by atoms with van der Waals surface area (Å²) in [4.78, 5) is 24.9. The minimum absolute atomic E-state index is 0.0859. The van der Waals surface area contributed by atoms with E-state index in [0.29, 0.717) is 18.0 Å². The predicted molar refractivity (Wildman–Crippen MR) is 65.5 cm³/mol. The van der Waals surface area contributed by atoms with Crippen LogP contribution in [0.5, 0.6) is 5.75 Å². The number of amides is 1. The van der Waals surface area contributed by atoms with Gasteiger partial charge in [0, 0.05) is 0 Å². The van der Waals surface area contributed by atoms with E-state index >= 15 is 0 Å². The lowest BCUT2D eigenvalue weighted by Crippen LogP contribution is -2.47. The van der Waals surface area contributed by atoms with Crippen LogP contribution < -0.4 is 9.64 Å². The van der Waals surface area contributed by atoms with E-state index < -0.39 is 12.1 Å². The standard InChI is InChI=1S/C13H15NO4/c1-3-17-12(15)8-14-10-6-4-5-7-11(10)18-9(2)13(14)16/h4-7,9H,3,8H2,1-2H3/t9-/m1/s1. The Morgan fingerprint density at radius 1 is 1.44 bits per heavy atom. The van der Waals surface area contributed by atoms with Crippen LogP contribution in [0.3, 0.4) is 0 Å². The largest absolute Gasteiger partial charge is 0.479 e. The van der Waals surface area contributed by atoms with Crippen molar-refractivity contribution < 1.29 is 19.1 Å². The molecule has 0 bridgehead atoms. The molecule has 2 rings (SSSR count). The summed E-state index contributed by atoms with van der Waals surface area (Å²) < 4.78 is 10.3. The molecule has 0 aliphatic carbocycles. The Morgan fingerprint density at radius 2 is 2.17 bits per heavy atom. The Hall–Kier alpha value is -2.04. The maximum absolute atomic E-state index is 12.0. The Morgan fingerprint density at radius 3 is 2.89 bits per heavy atom. The zero-order valence-corrected chi connectivity index (χ0v) is 10.4. The first-order valence-corrected chi connectivity index (χ1v) is 5.86. The molecule has 1 aromatic rings. The lowest BCUT2D eigenvalue weighted by molar-refractivity contribution is -0.143. The van der Waals surface area contributed by atoms with Crippen LogP contribution in [-0.4, -0.2) is 31.1 Å². The van der Waals surface area contributed by atoms with Gasteiger partial charge in [-0.1, -0.05) is 12.1 Å². The van der Waals surface area contributed by atoms with E-state index in [1.807, 2.05) is 6.07 Å². The monoisotopic (exact) mass is 249 g/mol. The smallest absolute Gasteiger partial charge is 0.326 e. The third-order valence-electron chi connectivity index (χ3n) is 2.67. The fourth-order valence-electron chi connectivity index (χ4n) is 1.86. The first kappa shape index (κ1) is 12.4. The lowest BCUT2D eigenvalue weighted by Gasteiger charge is -2.32. The highest BCUT2D eigenvalue weighted by Gasteiger charge is 2.32. The number of hydrogen-bond acceptors (Lipinski definition) is 4. The fourth-order valence-corrected chi connectivity index (χ4v) is 1.86. The summed E-state index contributed by atoms with van der Waals surface area (Å²) in [7, 11) is 0. The van der Waals surface area contributed by atoms with Crippen molar-refractivity contribution in [3.8, 4) is 5.75 Å². The molecule has 1 aromatic carbocycles. The van der Waals surface area contributed by atoms with Crippen molar-refractivity contribution in [2.75, 3.05) is 18.1 Å². The van der Waals surface area contributed by atoms with Gasteiger partial charge in [-0.05, 0) is 26.0 Å². The highest BCUT2D eigenvalue weighted by atomic mass is 16.5. The second-order valence-corrected chi connectivity index (χ2v) is 3.96. The number of carbonyl (C=O) groups is 2. The molecule has 18 heavy (non-hydrogen) atoms. The van der Waals surface area contributed by atoms with Gasteiger partial charge in [-0.25, -0.2) is 0 Å². The summed E-state index contributed by atoms with van der Waals surface area (Å²) >= 11 is 0. The van der Waals surface area contributed by atoms with E-state index in [1.165, 1.54) is 4.90 Å². The van der Waals surface area contributed by atoms with E-state index in [1.54, 1.807) is 32.0 Å². The molecule has 5 heteroatoms. The Balaban J connectivity index is 2.27. The van der Waals surface area contributed by atoms with Gasteiger partial charge in [-0.15, -0.1) is 0 Å². The van der Waals surface area contributed by atoms with Crippen molar-refractivity contribution in [1.29, 1.82) is 0 Å². The van der Waals surface area contributed by atoms with Gasteiger partial charge in [0.1, 0.15) is 12.3 Å². The SMILES string of the molecule is CCOC(=O)CN1C(=O)[C@@H](C)Oc2ccccc21. The predicted octanol–water partition coefficient (Wildman–Crippen LogP) is 1.36. The van der Waals surface area contributed by atoms with Gasteiger partial charge in [0.2, 0.25) is 0 Å². The number of hydrogen-bond donors (Lipinski definition) is 0. The average molecular weight is 249 g/mol. The van der Waals surface area contributed by atoms with Gasteiger partial charge in [-0.2, -0.15) is 0 Å². The summed E-state index contributed by atoms with van der Waals surface area (Å²) in [5.41, 5.74) is 0.605. The number of anilines is 1. The number of nitrogens with zero attached hydrogens (tertiary/aromatic N) is 1. The molecule has 1 atom stereocenters. The topological polar surface area (TPSA) is 55.8 Å². The van der Waals surface area contributed by atoms with Crippen LogP contribution in [0, 0.1) is 0 Å². The quantitative estimate of drug-likeness (QED) is 0.759. The number of ether oxygens (including phenoxy) is 2. The van der Waals surface area contributed by atoms with Crippen molar-refractivity contribution >= 4 is 17.6 Å². The fraction of sp³-hybridized carbons (Fsp3) is 0.385. The highest BCUT2D eigenvalue weighted by molar-refractivity contribution is 6.02. The van der Waals surface area contributed by atoms with Crippen LogP contribution in [-0.2, 0) is 14.3 Å².